The Hall–Kier alpha value is -1.99. The molecule has 1 amide bonds. The average Bonchev–Trinajstić information content (AvgIpc) is 2.93. The molecule has 0 bridgehead atoms. The van der Waals surface area contributed by atoms with E-state index in [4.69, 9.17) is 9.47 Å². The van der Waals surface area contributed by atoms with E-state index in [1.165, 1.54) is 31.6 Å². The maximum absolute atomic E-state index is 14.2. The Bertz CT molecular complexity index is 772. The van der Waals surface area contributed by atoms with Crippen LogP contribution < -0.4 is 5.32 Å². The van der Waals surface area contributed by atoms with Crippen LogP contribution in [0.4, 0.5) is 4.39 Å². The van der Waals surface area contributed by atoms with Gasteiger partial charge in [0, 0.05) is 22.8 Å². The maximum atomic E-state index is 14.2. The lowest BCUT2D eigenvalue weighted by molar-refractivity contribution is -0.143. The summed E-state index contributed by atoms with van der Waals surface area (Å²) in [6.07, 6.45) is 0.456. The van der Waals surface area contributed by atoms with Gasteiger partial charge in [-0.3, -0.25) is 4.79 Å². The minimum Gasteiger partial charge on any atom is -0.467 e. The minimum atomic E-state index is -0.747. The number of nitrogens with one attached hydrogen (secondary N) is 1. The second-order valence-corrected chi connectivity index (χ2v) is 7.19. The predicted molar refractivity (Wildman–Crippen MR) is 95.2 cm³/mol. The van der Waals surface area contributed by atoms with Gasteiger partial charge in [0.2, 0.25) is 0 Å². The van der Waals surface area contributed by atoms with Crippen molar-refractivity contribution < 1.29 is 23.5 Å². The van der Waals surface area contributed by atoms with Gasteiger partial charge < -0.3 is 14.8 Å². The van der Waals surface area contributed by atoms with Gasteiger partial charge in [-0.25, -0.2) is 9.18 Å². The molecular weight excluding hydrogens is 345 g/mol. The van der Waals surface area contributed by atoms with E-state index in [1.54, 1.807) is 12.1 Å². The van der Waals surface area contributed by atoms with Crippen molar-refractivity contribution in [2.75, 3.05) is 14.2 Å². The number of hydrogen-bond donors (Lipinski definition) is 1. The summed E-state index contributed by atoms with van der Waals surface area (Å²) in [5.41, 5.74) is 0.492. The van der Waals surface area contributed by atoms with Crippen LogP contribution in [0.5, 0.6) is 0 Å². The number of fused-ring (bicyclic) bond motifs is 1. The minimum absolute atomic E-state index is 0.108. The number of rotatable bonds is 7. The van der Waals surface area contributed by atoms with Crippen molar-refractivity contribution >= 4 is 33.3 Å². The summed E-state index contributed by atoms with van der Waals surface area (Å²) < 4.78 is 24.8. The normalized spacial score (nSPS) is 12.4. The quantitative estimate of drug-likeness (QED) is 0.761. The number of esters is 1. The number of ether oxygens (including phenoxy) is 2. The molecule has 0 saturated carbocycles. The van der Waals surface area contributed by atoms with Gasteiger partial charge in [0.05, 0.1) is 18.6 Å². The Balaban J connectivity index is 2.39. The van der Waals surface area contributed by atoms with Crippen LogP contribution >= 0.6 is 11.3 Å². The summed E-state index contributed by atoms with van der Waals surface area (Å²) in [6.45, 7) is 4.01. The molecule has 1 atom stereocenters. The zero-order valence-corrected chi connectivity index (χ0v) is 15.5. The molecule has 25 heavy (non-hydrogen) atoms. The number of thiophene rings is 1. The topological polar surface area (TPSA) is 64.6 Å². The molecule has 0 radical (unpaired) electrons. The molecule has 1 heterocycles. The van der Waals surface area contributed by atoms with Gasteiger partial charge in [-0.1, -0.05) is 19.9 Å². The third-order valence-corrected chi connectivity index (χ3v) is 4.95. The fourth-order valence-electron chi connectivity index (χ4n) is 2.68. The highest BCUT2D eigenvalue weighted by Gasteiger charge is 2.26. The van der Waals surface area contributed by atoms with Crippen LogP contribution in [0.3, 0.4) is 0 Å². The summed E-state index contributed by atoms with van der Waals surface area (Å²) in [4.78, 5) is 25.0. The van der Waals surface area contributed by atoms with E-state index in [-0.39, 0.29) is 12.5 Å². The molecule has 2 aromatic rings. The number of carbonyl (C=O) groups excluding carboxylic acids is 2. The van der Waals surface area contributed by atoms with E-state index in [0.717, 1.165) is 0 Å². The lowest BCUT2D eigenvalue weighted by atomic mass is 10.0. The molecule has 136 valence electrons. The van der Waals surface area contributed by atoms with Gasteiger partial charge >= 0.3 is 5.97 Å². The van der Waals surface area contributed by atoms with E-state index < -0.39 is 23.7 Å². The van der Waals surface area contributed by atoms with Crippen molar-refractivity contribution in [3.63, 3.8) is 0 Å². The van der Waals surface area contributed by atoms with Gasteiger partial charge in [0.1, 0.15) is 11.9 Å². The fraction of sp³-hybridized carbons (Fsp3) is 0.444. The largest absolute Gasteiger partial charge is 0.467 e. The lowest BCUT2D eigenvalue weighted by Crippen LogP contribution is -2.42. The zero-order chi connectivity index (χ0) is 18.6. The Morgan fingerprint density at radius 1 is 1.28 bits per heavy atom. The molecule has 1 N–H and O–H groups in total. The Kier molecular flexibility index (Phi) is 6.50. The van der Waals surface area contributed by atoms with Crippen molar-refractivity contribution in [1.29, 1.82) is 0 Å². The smallest absolute Gasteiger partial charge is 0.328 e. The SMILES string of the molecule is COCc1c(C(=O)NC(CC(C)C)C(=O)OC)sc2cccc(F)c12. The van der Waals surface area contributed by atoms with E-state index >= 15 is 0 Å². The average molecular weight is 367 g/mol. The highest BCUT2D eigenvalue weighted by molar-refractivity contribution is 7.21. The van der Waals surface area contributed by atoms with Crippen LogP contribution in [0.15, 0.2) is 18.2 Å². The van der Waals surface area contributed by atoms with Gasteiger partial charge in [-0.2, -0.15) is 0 Å². The van der Waals surface area contributed by atoms with Gasteiger partial charge in [0.15, 0.2) is 0 Å². The van der Waals surface area contributed by atoms with Crippen molar-refractivity contribution in [3.05, 3.63) is 34.5 Å². The molecule has 0 aliphatic rings. The first-order chi connectivity index (χ1) is 11.9. The van der Waals surface area contributed by atoms with Crippen LogP contribution in [0.25, 0.3) is 10.1 Å². The number of methoxy groups -OCH3 is 2. The molecule has 1 aromatic heterocycles. The highest BCUT2D eigenvalue weighted by Crippen LogP contribution is 2.33. The van der Waals surface area contributed by atoms with Crippen molar-refractivity contribution in [2.24, 2.45) is 5.92 Å². The molecule has 1 aromatic carbocycles. The van der Waals surface area contributed by atoms with Crippen LogP contribution in [0, 0.1) is 11.7 Å². The third kappa shape index (κ3) is 4.35. The summed E-state index contributed by atoms with van der Waals surface area (Å²) in [5.74, 6) is -1.12. The molecule has 0 saturated heterocycles. The zero-order valence-electron chi connectivity index (χ0n) is 14.7. The van der Waals surface area contributed by atoms with Crippen molar-refractivity contribution in [2.45, 2.75) is 32.9 Å². The molecule has 2 rings (SSSR count). The summed E-state index contributed by atoms with van der Waals surface area (Å²) in [7, 11) is 2.77. The summed E-state index contributed by atoms with van der Waals surface area (Å²) in [5, 5.41) is 3.10. The molecular formula is C18H22FNO4S. The summed E-state index contributed by atoms with van der Waals surface area (Å²) >= 11 is 1.18. The van der Waals surface area contributed by atoms with Gasteiger partial charge in [-0.15, -0.1) is 11.3 Å². The predicted octanol–water partition coefficient (Wildman–Crippen LogP) is 3.50. The number of hydrogen-bond acceptors (Lipinski definition) is 5. The Morgan fingerprint density at radius 3 is 2.60 bits per heavy atom. The van der Waals surface area contributed by atoms with E-state index in [9.17, 15) is 14.0 Å². The first-order valence-electron chi connectivity index (χ1n) is 7.96. The van der Waals surface area contributed by atoms with Crippen LogP contribution in [-0.4, -0.2) is 32.1 Å². The van der Waals surface area contributed by atoms with E-state index in [0.29, 0.717) is 26.9 Å². The Labute approximate surface area is 150 Å². The molecule has 7 heteroatoms. The monoisotopic (exact) mass is 367 g/mol. The molecule has 0 spiro atoms. The third-order valence-electron chi connectivity index (χ3n) is 3.76. The molecule has 0 aliphatic heterocycles. The molecule has 0 fully saturated rings. The second-order valence-electron chi connectivity index (χ2n) is 6.13. The highest BCUT2D eigenvalue weighted by atomic mass is 32.1. The van der Waals surface area contributed by atoms with Gasteiger partial charge in [-0.05, 0) is 24.5 Å². The van der Waals surface area contributed by atoms with E-state index in [1.807, 2.05) is 13.8 Å². The molecule has 1 unspecified atom stereocenters. The lowest BCUT2D eigenvalue weighted by Gasteiger charge is -2.18. The first kappa shape index (κ1) is 19.3. The standard InChI is InChI=1S/C18H22FNO4S/c1-10(2)8-13(18(22)24-4)20-17(21)16-11(9-23-3)15-12(19)6-5-7-14(15)25-16/h5-7,10,13H,8-9H2,1-4H3,(H,20,21). The van der Waals surface area contributed by atoms with Crippen molar-refractivity contribution in [1.82, 2.24) is 5.32 Å². The van der Waals surface area contributed by atoms with Crippen LogP contribution in [0.2, 0.25) is 0 Å². The maximum Gasteiger partial charge on any atom is 0.328 e. The molecule has 0 aliphatic carbocycles. The fourth-order valence-corrected chi connectivity index (χ4v) is 3.81. The Morgan fingerprint density at radius 2 is 2.00 bits per heavy atom. The number of carbonyl (C=O) groups is 2. The number of amides is 1. The molecule has 5 nitrogen and oxygen atoms in total. The second kappa shape index (κ2) is 8.40. The first-order valence-corrected chi connectivity index (χ1v) is 8.78. The number of halogens is 1. The number of benzene rings is 1. The van der Waals surface area contributed by atoms with E-state index in [2.05, 4.69) is 5.32 Å². The van der Waals surface area contributed by atoms with Crippen LogP contribution in [0.1, 0.15) is 35.5 Å². The van der Waals surface area contributed by atoms with Crippen LogP contribution in [-0.2, 0) is 20.9 Å². The summed E-state index contributed by atoms with van der Waals surface area (Å²) in [6, 6.07) is 3.96. The van der Waals surface area contributed by atoms with Crippen molar-refractivity contribution in [3.8, 4) is 0 Å². The van der Waals surface area contributed by atoms with Gasteiger partial charge in [0.25, 0.3) is 5.91 Å².